The molecule has 1 amide bonds. The van der Waals surface area contributed by atoms with Gasteiger partial charge in [-0.2, -0.15) is 4.58 Å². The van der Waals surface area contributed by atoms with Gasteiger partial charge in [-0.05, 0) is 93.7 Å². The number of likely N-dealkylation sites (N-methyl/N-ethyl adjacent to an activating group) is 1. The van der Waals surface area contributed by atoms with E-state index in [1.54, 1.807) is 0 Å². The number of amides is 1. The van der Waals surface area contributed by atoms with Crippen LogP contribution in [0.1, 0.15) is 65.5 Å². The third-order valence-electron chi connectivity index (χ3n) is 10.0. The molecule has 6 heteroatoms. The number of nitrogens with two attached hydrogens (primary N) is 1. The van der Waals surface area contributed by atoms with Crippen LogP contribution in [0.25, 0.3) is 0 Å². The molecule has 3 aliphatic rings. The molecule has 1 aliphatic carbocycles. The summed E-state index contributed by atoms with van der Waals surface area (Å²) >= 11 is 0. The molecule has 0 spiro atoms. The summed E-state index contributed by atoms with van der Waals surface area (Å²) in [5.41, 5.74) is 17.2. The van der Waals surface area contributed by atoms with Crippen LogP contribution in [0.5, 0.6) is 0 Å². The molecule has 0 bridgehead atoms. The first kappa shape index (κ1) is 34.4. The smallest absolute Gasteiger partial charge is 0.228 e. The summed E-state index contributed by atoms with van der Waals surface area (Å²) in [7, 11) is 0. The van der Waals surface area contributed by atoms with Crippen LogP contribution in [0.2, 0.25) is 0 Å². The van der Waals surface area contributed by atoms with E-state index in [0.717, 1.165) is 29.9 Å². The molecule has 2 aliphatic heterocycles. The van der Waals surface area contributed by atoms with Gasteiger partial charge in [0.15, 0.2) is 5.71 Å². The summed E-state index contributed by atoms with van der Waals surface area (Å²) in [6.45, 7) is 15.4. The van der Waals surface area contributed by atoms with Crippen LogP contribution in [0.15, 0.2) is 120 Å². The minimum atomic E-state index is -0.191. The van der Waals surface area contributed by atoms with Crippen molar-refractivity contribution in [2.24, 2.45) is 5.92 Å². The summed E-state index contributed by atoms with van der Waals surface area (Å²) in [6.07, 6.45) is 12.7. The van der Waals surface area contributed by atoms with Crippen LogP contribution in [0.3, 0.4) is 0 Å². The predicted molar refractivity (Wildman–Crippen MR) is 193 cm³/mol. The Balaban J connectivity index is 0.00000433. The highest BCUT2D eigenvalue weighted by Crippen LogP contribution is 2.47. The van der Waals surface area contributed by atoms with Crippen molar-refractivity contribution in [2.75, 3.05) is 29.0 Å². The molecule has 3 aromatic rings. The lowest BCUT2D eigenvalue weighted by Gasteiger charge is -2.26. The first-order valence-electron chi connectivity index (χ1n) is 16.6. The number of hydrogen-bond acceptors (Lipinski definition) is 3. The molecule has 3 aromatic carbocycles. The fourth-order valence-electron chi connectivity index (χ4n) is 7.56. The van der Waals surface area contributed by atoms with Crippen molar-refractivity contribution < 1.29 is 33.3 Å². The molecule has 5 nitrogen and oxygen atoms in total. The topological polar surface area (TPSA) is 61.4 Å². The number of allylic oxidation sites excluding steroid dienone is 8. The average Bonchev–Trinajstić information content (AvgIpc) is 3.41. The molecule has 3 N–H and O–H groups in total. The highest BCUT2D eigenvalue weighted by atomic mass is 127. The summed E-state index contributed by atoms with van der Waals surface area (Å²) < 4.78 is 2.42. The first-order chi connectivity index (χ1) is 22.0. The standard InChI is InChI=1S/C41H46N4O.HI/c1-7-44-35-15-11-9-13-33(35)40(3,4)37(44)23-17-28-25-29(27-30(26-28)39(46)43-32-21-19-31(42)20-22-32)18-24-38-41(5,6)34-14-10-12-16-36(34)45(38)8-2;/h9-25,30H,7-8,26-27,42H2,1-6H3;1H. The van der Waals surface area contributed by atoms with E-state index in [2.05, 4.69) is 135 Å². The van der Waals surface area contributed by atoms with E-state index in [-0.39, 0.29) is 46.6 Å². The fraction of sp³-hybridized carbons (Fsp3) is 0.317. The van der Waals surface area contributed by atoms with E-state index >= 15 is 0 Å². The Hall–Kier alpha value is -3.91. The summed E-state index contributed by atoms with van der Waals surface area (Å²) in [5.74, 6) is -0.161. The van der Waals surface area contributed by atoms with Gasteiger partial charge in [-0.1, -0.05) is 68.5 Å². The fourth-order valence-corrected chi connectivity index (χ4v) is 7.56. The van der Waals surface area contributed by atoms with Crippen LogP contribution in [0, 0.1) is 5.92 Å². The van der Waals surface area contributed by atoms with Gasteiger partial charge >= 0.3 is 0 Å². The summed E-state index contributed by atoms with van der Waals surface area (Å²) in [5, 5.41) is 3.15. The maximum atomic E-state index is 13.7. The lowest BCUT2D eigenvalue weighted by Crippen LogP contribution is -3.00. The van der Waals surface area contributed by atoms with E-state index in [1.807, 2.05) is 24.3 Å². The third-order valence-corrected chi connectivity index (χ3v) is 10.0. The number of halogens is 1. The summed E-state index contributed by atoms with van der Waals surface area (Å²) in [6, 6.07) is 24.8. The Morgan fingerprint density at radius 1 is 0.894 bits per heavy atom. The molecule has 0 aromatic heterocycles. The molecule has 0 saturated heterocycles. The quantitative estimate of drug-likeness (QED) is 0.183. The zero-order valence-electron chi connectivity index (χ0n) is 28.5. The molecule has 6 rings (SSSR count). The van der Waals surface area contributed by atoms with E-state index in [1.165, 1.54) is 33.9 Å². The zero-order valence-corrected chi connectivity index (χ0v) is 30.6. The number of nitrogen functional groups attached to an aromatic ring is 1. The number of carbonyl (C=O) groups excluding carboxylic acids is 1. The van der Waals surface area contributed by atoms with E-state index in [0.29, 0.717) is 18.5 Å². The number of para-hydroxylation sites is 2. The lowest BCUT2D eigenvalue weighted by molar-refractivity contribution is -0.433. The number of carbonyl (C=O) groups is 1. The van der Waals surface area contributed by atoms with Crippen molar-refractivity contribution in [3.8, 4) is 0 Å². The van der Waals surface area contributed by atoms with Crippen LogP contribution >= 0.6 is 0 Å². The third kappa shape index (κ3) is 6.49. The van der Waals surface area contributed by atoms with Gasteiger partial charge in [-0.25, -0.2) is 0 Å². The highest BCUT2D eigenvalue weighted by Gasteiger charge is 2.43. The van der Waals surface area contributed by atoms with Gasteiger partial charge < -0.3 is 39.9 Å². The van der Waals surface area contributed by atoms with Gasteiger partial charge in [0.05, 0.1) is 5.41 Å². The maximum Gasteiger partial charge on any atom is 0.228 e. The van der Waals surface area contributed by atoms with Gasteiger partial charge in [0.1, 0.15) is 6.54 Å². The predicted octanol–water partition coefficient (Wildman–Crippen LogP) is 5.83. The first-order valence-corrected chi connectivity index (χ1v) is 16.6. The Labute approximate surface area is 297 Å². The van der Waals surface area contributed by atoms with Gasteiger partial charge in [0.2, 0.25) is 11.6 Å². The molecule has 244 valence electrons. The average molecular weight is 739 g/mol. The number of nitrogens with zero attached hydrogens (tertiary/aromatic N) is 2. The molecule has 0 radical (unpaired) electrons. The largest absolute Gasteiger partial charge is 1.00 e. The lowest BCUT2D eigenvalue weighted by atomic mass is 9.80. The Kier molecular flexibility index (Phi) is 10.0. The number of fused-ring (bicyclic) bond motifs is 2. The Morgan fingerprint density at radius 2 is 1.57 bits per heavy atom. The van der Waals surface area contributed by atoms with Gasteiger partial charge in [-0.15, -0.1) is 0 Å². The molecule has 2 heterocycles. The number of benzene rings is 3. The SMILES string of the molecule is CCN1/C(=C/C=C2C=C(/C=C/C3=[N+](CC)c4ccccc4C3(C)C)CC(C(=O)Nc3ccc(N)cc3)C/2)C(C)(C)c2ccccc21.[I-]. The number of hydrogen-bond donors (Lipinski definition) is 2. The zero-order chi connectivity index (χ0) is 32.6. The number of anilines is 3. The minimum absolute atomic E-state index is 0. The molecular weight excluding hydrogens is 691 g/mol. The van der Waals surface area contributed by atoms with Gasteiger partial charge in [-0.3, -0.25) is 4.79 Å². The van der Waals surface area contributed by atoms with Crippen molar-refractivity contribution >= 4 is 34.4 Å². The molecule has 1 unspecified atom stereocenters. The Bertz CT molecular complexity index is 1820. The molecular formula is C41H47IN4O. The van der Waals surface area contributed by atoms with E-state index < -0.39 is 0 Å². The van der Waals surface area contributed by atoms with Crippen molar-refractivity contribution in [1.29, 1.82) is 0 Å². The van der Waals surface area contributed by atoms with Crippen LogP contribution < -0.4 is 39.9 Å². The van der Waals surface area contributed by atoms with E-state index in [4.69, 9.17) is 5.73 Å². The monoisotopic (exact) mass is 738 g/mol. The van der Waals surface area contributed by atoms with E-state index in [9.17, 15) is 4.79 Å². The van der Waals surface area contributed by atoms with Crippen molar-refractivity contribution in [3.63, 3.8) is 0 Å². The van der Waals surface area contributed by atoms with Crippen LogP contribution in [0.4, 0.5) is 22.7 Å². The maximum absolute atomic E-state index is 13.7. The molecule has 47 heavy (non-hydrogen) atoms. The number of nitrogens with one attached hydrogen (secondary N) is 1. The minimum Gasteiger partial charge on any atom is -1.00 e. The molecule has 0 fully saturated rings. The normalized spacial score (nSPS) is 21.1. The second-order valence-electron chi connectivity index (χ2n) is 13.7. The molecule has 0 saturated carbocycles. The van der Waals surface area contributed by atoms with Crippen molar-refractivity contribution in [2.45, 2.75) is 65.2 Å². The van der Waals surface area contributed by atoms with Crippen molar-refractivity contribution in [1.82, 2.24) is 0 Å². The Morgan fingerprint density at radius 3 is 2.28 bits per heavy atom. The van der Waals surface area contributed by atoms with Crippen LogP contribution in [-0.4, -0.2) is 29.3 Å². The number of rotatable bonds is 7. The van der Waals surface area contributed by atoms with Gasteiger partial charge in [0, 0.05) is 58.3 Å². The summed E-state index contributed by atoms with van der Waals surface area (Å²) in [4.78, 5) is 16.1. The second-order valence-corrected chi connectivity index (χ2v) is 13.7. The van der Waals surface area contributed by atoms with Crippen molar-refractivity contribution in [3.05, 3.63) is 131 Å². The van der Waals surface area contributed by atoms with Crippen LogP contribution in [-0.2, 0) is 15.6 Å². The molecule has 1 atom stereocenters. The van der Waals surface area contributed by atoms with Gasteiger partial charge in [0.25, 0.3) is 0 Å². The second kappa shape index (κ2) is 13.7. The highest BCUT2D eigenvalue weighted by molar-refractivity contribution is 6.03.